The van der Waals surface area contributed by atoms with E-state index in [0.717, 1.165) is 69.6 Å². The molecule has 188 valence electrons. The van der Waals surface area contributed by atoms with Crippen LogP contribution in [0.15, 0.2) is 24.4 Å². The van der Waals surface area contributed by atoms with Crippen LogP contribution in [0.4, 0.5) is 35.1 Å². The highest BCUT2D eigenvalue weighted by molar-refractivity contribution is 14.1. The number of nitrogens with one attached hydrogen (secondary N) is 2. The van der Waals surface area contributed by atoms with E-state index in [9.17, 15) is 17.6 Å². The van der Waals surface area contributed by atoms with Crippen LogP contribution in [-0.2, 0) is 9.24 Å². The fraction of sp³-hybridized carbons (Fsp3) is 0.522. The topological polar surface area (TPSA) is 76.9 Å². The molecule has 0 aliphatic heterocycles. The number of hydrogen-bond acceptors (Lipinski definition) is 6. The van der Waals surface area contributed by atoms with Gasteiger partial charge in [-0.3, -0.25) is 4.57 Å². The lowest BCUT2D eigenvalue weighted by Gasteiger charge is -2.27. The van der Waals surface area contributed by atoms with E-state index in [1.54, 1.807) is 6.20 Å². The number of nitrogens with zero attached hydrogens (tertiary/aromatic N) is 4. The van der Waals surface area contributed by atoms with E-state index >= 15 is 0 Å². The fourth-order valence-corrected chi connectivity index (χ4v) is 5.46. The van der Waals surface area contributed by atoms with Crippen molar-refractivity contribution < 1.29 is 20.6 Å². The van der Waals surface area contributed by atoms with E-state index in [2.05, 4.69) is 20.6 Å². The molecule has 0 bridgehead atoms. The molecular formula is C23H25F4IN6O. The summed E-state index contributed by atoms with van der Waals surface area (Å²) in [6, 6.07) is 2.60. The fourth-order valence-electron chi connectivity index (χ4n) is 4.95. The van der Waals surface area contributed by atoms with Crippen molar-refractivity contribution in [2.45, 2.75) is 75.7 Å². The standard InChI is InChI=1S/C23H25F4IN6O/c24-17-10-5-13(23(25,26)27)11-18(17)31-22-32-19-12-29-21(30-14-6-8-16(35-28)9-7-14)33-20(19)34(22)15-3-1-2-4-15/h5,10-12,14-16H,1-4,6-9H2,(H,31,32)(H,29,30,33)/t14-,16-. The van der Waals surface area contributed by atoms with Gasteiger partial charge in [0.2, 0.25) is 11.9 Å². The van der Waals surface area contributed by atoms with Gasteiger partial charge in [-0.2, -0.15) is 18.2 Å². The van der Waals surface area contributed by atoms with Gasteiger partial charge >= 0.3 is 6.18 Å². The zero-order valence-electron chi connectivity index (χ0n) is 18.8. The molecule has 7 nitrogen and oxygen atoms in total. The molecule has 0 saturated heterocycles. The van der Waals surface area contributed by atoms with E-state index in [1.165, 1.54) is 0 Å². The summed E-state index contributed by atoms with van der Waals surface area (Å²) in [4.78, 5) is 13.7. The number of halogens is 5. The Bertz CT molecular complexity index is 1190. The van der Waals surface area contributed by atoms with Crippen molar-refractivity contribution in [3.05, 3.63) is 35.8 Å². The molecule has 2 aliphatic carbocycles. The minimum atomic E-state index is -4.58. The van der Waals surface area contributed by atoms with Gasteiger partial charge < -0.3 is 13.7 Å². The molecule has 12 heteroatoms. The molecule has 2 heterocycles. The third-order valence-electron chi connectivity index (χ3n) is 6.80. The monoisotopic (exact) mass is 604 g/mol. The number of benzene rings is 1. The summed E-state index contributed by atoms with van der Waals surface area (Å²) in [5, 5.41) is 6.21. The highest BCUT2D eigenvalue weighted by atomic mass is 127. The van der Waals surface area contributed by atoms with Crippen LogP contribution in [0.5, 0.6) is 0 Å². The maximum atomic E-state index is 14.5. The molecule has 0 radical (unpaired) electrons. The first-order valence-corrected chi connectivity index (χ1v) is 12.6. The normalized spacial score (nSPS) is 21.5. The molecule has 0 unspecified atom stereocenters. The molecule has 5 rings (SSSR count). The van der Waals surface area contributed by atoms with Gasteiger partial charge in [-0.1, -0.05) is 12.8 Å². The number of alkyl halides is 3. The van der Waals surface area contributed by atoms with Gasteiger partial charge in [-0.15, -0.1) is 0 Å². The molecule has 2 N–H and O–H groups in total. The minimum absolute atomic E-state index is 0.0651. The predicted molar refractivity (Wildman–Crippen MR) is 132 cm³/mol. The van der Waals surface area contributed by atoms with Gasteiger partial charge in [0.1, 0.15) is 34.3 Å². The summed E-state index contributed by atoms with van der Waals surface area (Å²) in [5.41, 5.74) is -0.137. The van der Waals surface area contributed by atoms with Crippen molar-refractivity contribution in [2.75, 3.05) is 10.6 Å². The smallest absolute Gasteiger partial charge is 0.351 e. The first kappa shape index (κ1) is 24.5. The molecule has 35 heavy (non-hydrogen) atoms. The van der Waals surface area contributed by atoms with Crippen LogP contribution in [0.1, 0.15) is 63.0 Å². The van der Waals surface area contributed by atoms with Gasteiger partial charge in [0.15, 0.2) is 5.65 Å². The number of hydrogen-bond donors (Lipinski definition) is 2. The zero-order chi connectivity index (χ0) is 24.6. The first-order chi connectivity index (χ1) is 16.8. The van der Waals surface area contributed by atoms with Crippen LogP contribution in [-0.4, -0.2) is 31.7 Å². The second kappa shape index (κ2) is 10.0. The lowest BCUT2D eigenvalue weighted by molar-refractivity contribution is -0.137. The molecule has 2 aliphatic rings. The summed E-state index contributed by atoms with van der Waals surface area (Å²) in [5.74, 6) is -0.0499. The van der Waals surface area contributed by atoms with Gasteiger partial charge in [0.25, 0.3) is 0 Å². The Morgan fingerprint density at radius 2 is 1.77 bits per heavy atom. The van der Waals surface area contributed by atoms with Gasteiger partial charge in [-0.05, 0) is 56.7 Å². The highest BCUT2D eigenvalue weighted by Crippen LogP contribution is 2.37. The summed E-state index contributed by atoms with van der Waals surface area (Å²) >= 11 is 1.95. The van der Waals surface area contributed by atoms with Crippen molar-refractivity contribution >= 4 is 51.8 Å². The van der Waals surface area contributed by atoms with Crippen molar-refractivity contribution in [1.29, 1.82) is 0 Å². The van der Waals surface area contributed by atoms with Gasteiger partial charge in [0, 0.05) is 12.1 Å². The van der Waals surface area contributed by atoms with Crippen LogP contribution < -0.4 is 10.6 Å². The highest BCUT2D eigenvalue weighted by Gasteiger charge is 2.32. The minimum Gasteiger partial charge on any atom is -0.351 e. The van der Waals surface area contributed by atoms with Crippen molar-refractivity contribution in [3.63, 3.8) is 0 Å². The third kappa shape index (κ3) is 5.32. The Morgan fingerprint density at radius 3 is 2.46 bits per heavy atom. The maximum absolute atomic E-state index is 14.5. The molecule has 0 amide bonds. The van der Waals surface area contributed by atoms with Crippen molar-refractivity contribution in [3.8, 4) is 0 Å². The number of anilines is 3. The Balaban J connectivity index is 1.47. The molecule has 1 aromatic carbocycles. The van der Waals surface area contributed by atoms with Crippen molar-refractivity contribution in [1.82, 2.24) is 19.5 Å². The SMILES string of the molecule is Fc1ccc(C(F)(F)F)cc1Nc1nc2cnc(N[C@H]3CC[C@H](OI)CC3)nc2n1C1CCCC1. The molecule has 0 spiro atoms. The average molecular weight is 604 g/mol. The van der Waals surface area contributed by atoms with Crippen LogP contribution in [0.25, 0.3) is 11.2 Å². The third-order valence-corrected chi connectivity index (χ3v) is 7.52. The molecule has 2 fully saturated rings. The number of fused-ring (bicyclic) bond motifs is 1. The molecule has 2 saturated carbocycles. The lowest BCUT2D eigenvalue weighted by Crippen LogP contribution is -2.29. The van der Waals surface area contributed by atoms with Gasteiger partial charge in [-0.25, -0.2) is 14.4 Å². The van der Waals surface area contributed by atoms with Gasteiger partial charge in [0.05, 0.1) is 23.6 Å². The second-order valence-electron chi connectivity index (χ2n) is 9.17. The Kier molecular flexibility index (Phi) is 7.02. The van der Waals surface area contributed by atoms with Crippen molar-refractivity contribution in [2.24, 2.45) is 0 Å². The van der Waals surface area contributed by atoms with E-state index in [-0.39, 0.29) is 29.8 Å². The Labute approximate surface area is 213 Å². The van der Waals surface area contributed by atoms with E-state index in [0.29, 0.717) is 17.1 Å². The van der Waals surface area contributed by atoms with E-state index in [1.807, 2.05) is 27.6 Å². The second-order valence-corrected chi connectivity index (χ2v) is 9.68. The average Bonchev–Trinajstić information content (AvgIpc) is 3.47. The van der Waals surface area contributed by atoms with E-state index < -0.39 is 17.6 Å². The molecule has 2 aromatic heterocycles. The van der Waals surface area contributed by atoms with Crippen LogP contribution >= 0.6 is 23.0 Å². The quantitative estimate of drug-likeness (QED) is 0.235. The summed E-state index contributed by atoms with van der Waals surface area (Å²) in [7, 11) is 0. The number of rotatable bonds is 6. The summed E-state index contributed by atoms with van der Waals surface area (Å²) in [6.07, 6.45) is 4.92. The molecule has 0 atom stereocenters. The zero-order valence-corrected chi connectivity index (χ0v) is 20.9. The van der Waals surface area contributed by atoms with E-state index in [4.69, 9.17) is 8.05 Å². The number of imidazole rings is 1. The predicted octanol–water partition coefficient (Wildman–Crippen LogP) is 6.93. The van der Waals surface area contributed by atoms with Crippen LogP contribution in [0.3, 0.4) is 0 Å². The Morgan fingerprint density at radius 1 is 1.03 bits per heavy atom. The Hall–Kier alpha value is -2.22. The molecule has 3 aromatic rings. The first-order valence-electron chi connectivity index (χ1n) is 11.7. The maximum Gasteiger partial charge on any atom is 0.416 e. The summed E-state index contributed by atoms with van der Waals surface area (Å²) in [6.45, 7) is 0. The molecular weight excluding hydrogens is 579 g/mol. The summed E-state index contributed by atoms with van der Waals surface area (Å²) < 4.78 is 61.4. The van der Waals surface area contributed by atoms with Crippen LogP contribution in [0.2, 0.25) is 0 Å². The number of aromatic nitrogens is 4. The van der Waals surface area contributed by atoms with Crippen LogP contribution in [0, 0.1) is 5.82 Å². The largest absolute Gasteiger partial charge is 0.416 e. The lowest BCUT2D eigenvalue weighted by atomic mass is 9.93.